The first-order chi connectivity index (χ1) is 17.6. The van der Waals surface area contributed by atoms with E-state index in [1.807, 2.05) is 42.5 Å². The Bertz CT molecular complexity index is 1560. The largest absolute Gasteiger partial charge is 0.488 e. The van der Waals surface area contributed by atoms with Crippen molar-refractivity contribution < 1.29 is 19.1 Å². The lowest BCUT2D eigenvalue weighted by atomic mass is 10.1. The van der Waals surface area contributed by atoms with Crippen molar-refractivity contribution in [1.82, 2.24) is 10.2 Å². The lowest BCUT2D eigenvalue weighted by molar-refractivity contribution is -0.131. The van der Waals surface area contributed by atoms with E-state index in [2.05, 4.69) is 28.4 Å². The number of nitrogens with zero attached hydrogens (tertiary/aromatic N) is 2. The predicted molar refractivity (Wildman–Crippen MR) is 141 cm³/mol. The van der Waals surface area contributed by atoms with Crippen LogP contribution in [-0.2, 0) is 11.4 Å². The van der Waals surface area contributed by atoms with Crippen molar-refractivity contribution in [2.45, 2.75) is 11.8 Å². The highest BCUT2D eigenvalue weighted by molar-refractivity contribution is 8.03. The number of carboxylic acid groups (broad SMARTS) is 1. The van der Waals surface area contributed by atoms with E-state index < -0.39 is 5.97 Å². The minimum atomic E-state index is -1.12. The molecule has 5 rings (SSSR count). The van der Waals surface area contributed by atoms with Gasteiger partial charge >= 0.3 is 5.97 Å². The first-order valence-corrected chi connectivity index (χ1v) is 12.2. The number of hydrogen-bond acceptors (Lipinski definition) is 6. The summed E-state index contributed by atoms with van der Waals surface area (Å²) in [7, 11) is 0. The van der Waals surface area contributed by atoms with Gasteiger partial charge in [0.2, 0.25) is 5.89 Å². The fourth-order valence-electron chi connectivity index (χ4n) is 3.64. The van der Waals surface area contributed by atoms with Crippen LogP contribution < -0.4 is 4.74 Å². The van der Waals surface area contributed by atoms with E-state index in [-0.39, 0.29) is 16.0 Å². The molecular weight excluding hydrogens is 496 g/mol. The van der Waals surface area contributed by atoms with Gasteiger partial charge in [-0.05, 0) is 64.5 Å². The summed E-state index contributed by atoms with van der Waals surface area (Å²) in [4.78, 5) is 12.0. The van der Waals surface area contributed by atoms with Crippen LogP contribution in [0.2, 0.25) is 5.02 Å². The lowest BCUT2D eigenvalue weighted by Gasteiger charge is -2.11. The summed E-state index contributed by atoms with van der Waals surface area (Å²) in [6.07, 6.45) is 1.54. The third-order valence-corrected chi connectivity index (χ3v) is 6.48. The molecule has 36 heavy (non-hydrogen) atoms. The number of thioether (sulfide) groups is 1. The van der Waals surface area contributed by atoms with Gasteiger partial charge in [0.15, 0.2) is 0 Å². The molecule has 0 unspecified atom stereocenters. The molecule has 0 fully saturated rings. The molecule has 5 aromatic rings. The fraction of sp³-hybridized carbons (Fsp3) is 0.0357. The molecule has 0 atom stereocenters. The van der Waals surface area contributed by atoms with E-state index in [1.54, 1.807) is 30.3 Å². The first-order valence-electron chi connectivity index (χ1n) is 11.0. The number of rotatable bonds is 8. The van der Waals surface area contributed by atoms with Gasteiger partial charge in [-0.25, -0.2) is 4.79 Å². The molecule has 4 aromatic carbocycles. The Kier molecular flexibility index (Phi) is 7.02. The Morgan fingerprint density at radius 1 is 0.944 bits per heavy atom. The van der Waals surface area contributed by atoms with Crippen LogP contribution in [0.4, 0.5) is 0 Å². The molecule has 0 amide bonds. The molecule has 0 aliphatic rings. The molecule has 1 heterocycles. The van der Waals surface area contributed by atoms with Gasteiger partial charge in [-0.2, -0.15) is 0 Å². The maximum atomic E-state index is 12.0. The van der Waals surface area contributed by atoms with Crippen molar-refractivity contribution in [3.63, 3.8) is 0 Å². The highest BCUT2D eigenvalue weighted by Crippen LogP contribution is 2.32. The summed E-state index contributed by atoms with van der Waals surface area (Å²) in [5.41, 5.74) is 2.35. The van der Waals surface area contributed by atoms with Crippen LogP contribution in [0.5, 0.6) is 5.75 Å². The Morgan fingerprint density at radius 3 is 2.53 bits per heavy atom. The first kappa shape index (κ1) is 23.7. The topological polar surface area (TPSA) is 85.5 Å². The molecule has 0 radical (unpaired) electrons. The van der Waals surface area contributed by atoms with Crippen molar-refractivity contribution in [3.8, 4) is 17.2 Å². The van der Waals surface area contributed by atoms with Crippen molar-refractivity contribution in [3.05, 3.63) is 112 Å². The summed E-state index contributed by atoms with van der Waals surface area (Å²) >= 11 is 6.80. The highest BCUT2D eigenvalue weighted by Gasteiger charge is 2.17. The number of carboxylic acids is 1. The van der Waals surface area contributed by atoms with Gasteiger partial charge in [0, 0.05) is 16.1 Å². The number of para-hydroxylation sites is 1. The van der Waals surface area contributed by atoms with Crippen molar-refractivity contribution in [1.29, 1.82) is 0 Å². The van der Waals surface area contributed by atoms with Gasteiger partial charge in [0.05, 0.1) is 0 Å². The van der Waals surface area contributed by atoms with Crippen LogP contribution in [0.15, 0.2) is 106 Å². The second-order valence-corrected chi connectivity index (χ2v) is 9.19. The third kappa shape index (κ3) is 5.43. The lowest BCUT2D eigenvalue weighted by Crippen LogP contribution is -2.00. The van der Waals surface area contributed by atoms with Crippen LogP contribution in [0.25, 0.3) is 28.3 Å². The molecule has 8 heteroatoms. The van der Waals surface area contributed by atoms with Crippen LogP contribution in [0, 0.1) is 0 Å². The zero-order valence-electron chi connectivity index (χ0n) is 18.8. The normalized spacial score (nSPS) is 11.5. The Labute approximate surface area is 216 Å². The van der Waals surface area contributed by atoms with E-state index >= 15 is 0 Å². The SMILES string of the molecule is O=C(O)/C(=C/c1ccccc1OCc1cccc2ccccc12)Sc1nnc(-c2ccc(Cl)cc2)o1. The van der Waals surface area contributed by atoms with Crippen molar-refractivity contribution in [2.75, 3.05) is 0 Å². The Morgan fingerprint density at radius 2 is 1.69 bits per heavy atom. The summed E-state index contributed by atoms with van der Waals surface area (Å²) in [5.74, 6) is -0.273. The van der Waals surface area contributed by atoms with Crippen LogP contribution >= 0.6 is 23.4 Å². The minimum Gasteiger partial charge on any atom is -0.488 e. The molecule has 6 nitrogen and oxygen atoms in total. The van der Waals surface area contributed by atoms with E-state index in [1.165, 1.54) is 6.08 Å². The van der Waals surface area contributed by atoms with Crippen LogP contribution in [0.3, 0.4) is 0 Å². The fourth-order valence-corrected chi connectivity index (χ4v) is 4.42. The molecule has 0 spiro atoms. The Hall–Kier alpha value is -4.07. The zero-order valence-corrected chi connectivity index (χ0v) is 20.4. The summed E-state index contributed by atoms with van der Waals surface area (Å²) in [6, 6.07) is 28.4. The van der Waals surface area contributed by atoms with Crippen molar-refractivity contribution in [2.24, 2.45) is 0 Å². The van der Waals surface area contributed by atoms with E-state index in [4.69, 9.17) is 20.8 Å². The van der Waals surface area contributed by atoms with Gasteiger partial charge in [-0.1, -0.05) is 72.3 Å². The number of fused-ring (bicyclic) bond motifs is 1. The van der Waals surface area contributed by atoms with Gasteiger partial charge in [-0.15, -0.1) is 10.2 Å². The number of hydrogen-bond donors (Lipinski definition) is 1. The number of halogens is 1. The summed E-state index contributed by atoms with van der Waals surface area (Å²) < 4.78 is 11.8. The maximum absolute atomic E-state index is 12.0. The van der Waals surface area contributed by atoms with E-state index in [0.717, 1.165) is 28.1 Å². The quantitative estimate of drug-likeness (QED) is 0.171. The molecule has 178 valence electrons. The second-order valence-electron chi connectivity index (χ2n) is 7.76. The van der Waals surface area contributed by atoms with E-state index in [0.29, 0.717) is 28.5 Å². The summed E-state index contributed by atoms with van der Waals surface area (Å²) in [6.45, 7) is 0.343. The third-order valence-electron chi connectivity index (χ3n) is 5.37. The molecular formula is C28H19ClN2O4S. The number of aliphatic carboxylic acids is 1. The molecule has 1 N–H and O–H groups in total. The molecule has 1 aromatic heterocycles. The number of carbonyl (C=O) groups is 1. The van der Waals surface area contributed by atoms with Crippen LogP contribution in [-0.4, -0.2) is 21.3 Å². The van der Waals surface area contributed by atoms with Gasteiger partial charge in [0.1, 0.15) is 17.3 Å². The van der Waals surface area contributed by atoms with Gasteiger partial charge < -0.3 is 14.3 Å². The molecule has 0 bridgehead atoms. The number of ether oxygens (including phenoxy) is 1. The highest BCUT2D eigenvalue weighted by atomic mass is 35.5. The molecule has 0 aliphatic carbocycles. The van der Waals surface area contributed by atoms with Gasteiger partial charge in [-0.3, -0.25) is 0 Å². The number of benzene rings is 4. The molecule has 0 saturated carbocycles. The van der Waals surface area contributed by atoms with E-state index in [9.17, 15) is 9.90 Å². The number of aromatic nitrogens is 2. The van der Waals surface area contributed by atoms with Crippen molar-refractivity contribution >= 4 is 46.2 Å². The minimum absolute atomic E-state index is 0.0162. The van der Waals surface area contributed by atoms with Gasteiger partial charge in [0.25, 0.3) is 5.22 Å². The second kappa shape index (κ2) is 10.7. The average Bonchev–Trinajstić information content (AvgIpc) is 3.36. The Balaban J connectivity index is 1.37. The average molecular weight is 515 g/mol. The molecule has 0 aliphatic heterocycles. The standard InChI is InChI=1S/C28H19ClN2O4S/c29-22-14-12-19(13-15-22)26-30-31-28(35-26)36-25(27(32)33)16-20-7-2-4-11-24(20)34-17-21-9-5-8-18-6-1-3-10-23(18)21/h1-16H,17H2,(H,32,33)/b25-16-. The maximum Gasteiger partial charge on any atom is 0.342 e. The monoisotopic (exact) mass is 514 g/mol. The molecule has 0 saturated heterocycles. The predicted octanol–water partition coefficient (Wildman–Crippen LogP) is 7.34. The zero-order chi connectivity index (χ0) is 24.9. The smallest absolute Gasteiger partial charge is 0.342 e. The van der Waals surface area contributed by atoms with Crippen LogP contribution in [0.1, 0.15) is 11.1 Å². The summed E-state index contributed by atoms with van der Waals surface area (Å²) in [5, 5.41) is 20.8.